The Hall–Kier alpha value is -6.53. The van der Waals surface area contributed by atoms with Gasteiger partial charge in [0.1, 0.15) is 18.2 Å². The fraction of sp³-hybridized carbons (Fsp3) is 0.0408. The lowest BCUT2D eigenvalue weighted by molar-refractivity contribution is 0.409. The molecule has 0 spiro atoms. The number of fused-ring (bicyclic) bond motifs is 8. The van der Waals surface area contributed by atoms with Crippen LogP contribution in [0.4, 0.5) is 0 Å². The second-order valence-electron chi connectivity index (χ2n) is 14.0. The van der Waals surface area contributed by atoms with E-state index in [0.717, 1.165) is 28.2 Å². The summed E-state index contributed by atoms with van der Waals surface area (Å²) in [7, 11) is 0. The molecule has 5 heteroatoms. The van der Waals surface area contributed by atoms with Crippen LogP contribution in [0.1, 0.15) is 29.0 Å². The Morgan fingerprint density at radius 3 is 1.98 bits per heavy atom. The van der Waals surface area contributed by atoms with Gasteiger partial charge in [-0.1, -0.05) is 133 Å². The summed E-state index contributed by atoms with van der Waals surface area (Å²) in [6.45, 7) is 0. The van der Waals surface area contributed by atoms with Crippen molar-refractivity contribution in [3.8, 4) is 16.8 Å². The molecule has 1 aliphatic heterocycles. The molecule has 2 atom stereocenters. The zero-order valence-corrected chi connectivity index (χ0v) is 30.1. The van der Waals surface area contributed by atoms with Gasteiger partial charge in [-0.2, -0.15) is 0 Å². The monoisotopic (exact) mass is 710 g/mol. The Morgan fingerprint density at radius 1 is 0.481 bits per heavy atom. The summed E-state index contributed by atoms with van der Waals surface area (Å²) in [6, 6.07) is 65.8. The van der Waals surface area contributed by atoms with Gasteiger partial charge in [-0.05, 0) is 81.6 Å². The molecule has 0 saturated heterocycles. The van der Waals surface area contributed by atoms with E-state index in [4.69, 9.17) is 4.99 Å². The zero-order valence-electron chi connectivity index (χ0n) is 29.3. The molecule has 11 rings (SSSR count). The van der Waals surface area contributed by atoms with Gasteiger partial charge in [0.05, 0.1) is 11.0 Å². The molecule has 0 fully saturated rings. The van der Waals surface area contributed by atoms with Gasteiger partial charge >= 0.3 is 0 Å². The Bertz CT molecular complexity index is 3050. The largest absolute Gasteiger partial charge is 0.350 e. The zero-order chi connectivity index (χ0) is 35.6. The molecule has 8 aromatic carbocycles. The van der Waals surface area contributed by atoms with E-state index in [1.807, 2.05) is 23.5 Å². The third-order valence-corrected chi connectivity index (χ3v) is 12.0. The van der Waals surface area contributed by atoms with Crippen LogP contribution in [0.3, 0.4) is 0 Å². The molecule has 2 N–H and O–H groups in total. The van der Waals surface area contributed by atoms with Crippen molar-refractivity contribution in [2.75, 3.05) is 0 Å². The number of rotatable bonds is 5. The van der Waals surface area contributed by atoms with E-state index in [1.54, 1.807) is 0 Å². The lowest BCUT2D eigenvalue weighted by atomic mass is 9.99. The van der Waals surface area contributed by atoms with Crippen molar-refractivity contribution in [2.24, 2.45) is 4.99 Å². The van der Waals surface area contributed by atoms with Gasteiger partial charge in [-0.15, -0.1) is 11.3 Å². The molecule has 4 nitrogen and oxygen atoms in total. The molecule has 0 bridgehead atoms. The van der Waals surface area contributed by atoms with Gasteiger partial charge in [0.15, 0.2) is 0 Å². The number of hydrogen-bond acceptors (Lipinski definition) is 4. The van der Waals surface area contributed by atoms with E-state index >= 15 is 0 Å². The van der Waals surface area contributed by atoms with Crippen molar-refractivity contribution in [1.82, 2.24) is 15.2 Å². The second kappa shape index (κ2) is 12.6. The summed E-state index contributed by atoms with van der Waals surface area (Å²) in [4.78, 5) is 5.09. The number of amidine groups is 1. The van der Waals surface area contributed by atoms with Crippen LogP contribution in [0.2, 0.25) is 0 Å². The number of thiophene rings is 1. The molecular formula is C49H34N4S. The fourth-order valence-corrected chi connectivity index (χ4v) is 9.34. The summed E-state index contributed by atoms with van der Waals surface area (Å²) in [5.74, 6) is 0.883. The first-order valence-corrected chi connectivity index (χ1v) is 19.3. The van der Waals surface area contributed by atoms with Crippen LogP contribution in [0.5, 0.6) is 0 Å². The second-order valence-corrected chi connectivity index (χ2v) is 15.1. The first-order chi connectivity index (χ1) is 26.7. The molecule has 1 aliphatic rings. The van der Waals surface area contributed by atoms with E-state index in [-0.39, 0.29) is 12.3 Å². The van der Waals surface area contributed by atoms with Crippen LogP contribution in [0, 0.1) is 0 Å². The Labute approximate surface area is 316 Å². The van der Waals surface area contributed by atoms with Gasteiger partial charge in [-0.25, -0.2) is 4.99 Å². The quantitative estimate of drug-likeness (QED) is 0.187. The van der Waals surface area contributed by atoms with Crippen LogP contribution in [-0.2, 0) is 0 Å². The number of aromatic nitrogens is 1. The molecule has 256 valence electrons. The van der Waals surface area contributed by atoms with Crippen molar-refractivity contribution in [1.29, 1.82) is 0 Å². The first kappa shape index (κ1) is 31.0. The Kier molecular flexibility index (Phi) is 7.22. The maximum absolute atomic E-state index is 5.09. The number of aliphatic imine (C=N–C) groups is 1. The number of hydrogen-bond donors (Lipinski definition) is 2. The summed E-state index contributed by atoms with van der Waals surface area (Å²) in [5, 5.41) is 15.1. The molecule has 2 unspecified atom stereocenters. The highest BCUT2D eigenvalue weighted by molar-refractivity contribution is 7.25. The Morgan fingerprint density at radius 2 is 1.15 bits per heavy atom. The highest BCUT2D eigenvalue weighted by atomic mass is 32.1. The number of nitrogens with zero attached hydrogens (tertiary/aromatic N) is 2. The summed E-state index contributed by atoms with van der Waals surface area (Å²) >= 11 is 1.86. The SMILES string of the molecule is c1ccc(C2=NC(c3ccccc3)NC(c3ccc(-n4c5ccc(-c6ccc7sc8ccccc8c7c6)cc5c5c6ccccc6ccc54)cc3)N2)cc1. The van der Waals surface area contributed by atoms with Crippen molar-refractivity contribution < 1.29 is 0 Å². The predicted molar refractivity (Wildman–Crippen MR) is 228 cm³/mol. The smallest absolute Gasteiger partial charge is 0.131 e. The minimum absolute atomic E-state index is 0.126. The van der Waals surface area contributed by atoms with E-state index in [0.29, 0.717) is 0 Å². The first-order valence-electron chi connectivity index (χ1n) is 18.4. The van der Waals surface area contributed by atoms with Gasteiger partial charge in [0.2, 0.25) is 0 Å². The minimum atomic E-state index is -0.175. The molecule has 0 radical (unpaired) electrons. The minimum Gasteiger partial charge on any atom is -0.350 e. The number of nitrogens with one attached hydrogen (secondary N) is 2. The van der Waals surface area contributed by atoms with Crippen LogP contribution in [0.15, 0.2) is 187 Å². The summed E-state index contributed by atoms with van der Waals surface area (Å²) in [5.41, 5.74) is 9.32. The molecule has 3 heterocycles. The lowest BCUT2D eigenvalue weighted by Crippen LogP contribution is -2.44. The van der Waals surface area contributed by atoms with Crippen LogP contribution in [-0.4, -0.2) is 10.4 Å². The Balaban J connectivity index is 1.02. The van der Waals surface area contributed by atoms with Gasteiger partial charge in [0.25, 0.3) is 0 Å². The van der Waals surface area contributed by atoms with Crippen molar-refractivity contribution in [2.45, 2.75) is 12.3 Å². The molecule has 0 aliphatic carbocycles. The molecule has 0 amide bonds. The van der Waals surface area contributed by atoms with E-state index in [2.05, 4.69) is 185 Å². The fourth-order valence-electron chi connectivity index (χ4n) is 8.25. The van der Waals surface area contributed by atoms with Crippen molar-refractivity contribution in [3.63, 3.8) is 0 Å². The molecule has 54 heavy (non-hydrogen) atoms. The van der Waals surface area contributed by atoms with E-state index in [9.17, 15) is 0 Å². The topological polar surface area (TPSA) is 41.4 Å². The van der Waals surface area contributed by atoms with Crippen molar-refractivity contribution >= 4 is 69.9 Å². The van der Waals surface area contributed by atoms with E-state index in [1.165, 1.54) is 63.9 Å². The lowest BCUT2D eigenvalue weighted by Gasteiger charge is -2.32. The van der Waals surface area contributed by atoms with Gasteiger partial charge in [-0.3, -0.25) is 5.32 Å². The molecule has 10 aromatic rings. The summed E-state index contributed by atoms with van der Waals surface area (Å²) in [6.07, 6.45) is -0.300. The maximum atomic E-state index is 5.09. The molecule has 0 saturated carbocycles. The van der Waals surface area contributed by atoms with Crippen molar-refractivity contribution in [3.05, 3.63) is 199 Å². The number of benzene rings is 8. The van der Waals surface area contributed by atoms with Crippen LogP contribution in [0.25, 0.3) is 69.6 Å². The van der Waals surface area contributed by atoms with Crippen LogP contribution >= 0.6 is 11.3 Å². The third kappa shape index (κ3) is 5.12. The average Bonchev–Trinajstić information content (AvgIpc) is 3.79. The highest BCUT2D eigenvalue weighted by Gasteiger charge is 2.25. The standard InChI is InChI=1S/C49H34N4S/c1-3-12-32(13-4-1)47-50-48(33-14-5-2-6-15-33)52-49(51-47)34-19-24-37(25-20-34)53-42-26-22-35(30-41(42)46-38-16-8-7-11-31(38)21-27-43(46)53)36-23-28-45-40(29-36)39-17-9-10-18-44(39)54-45/h1-30,47,49,51H,(H,50,52). The average molecular weight is 711 g/mol. The van der Waals surface area contributed by atoms with E-state index < -0.39 is 0 Å². The highest BCUT2D eigenvalue weighted by Crippen LogP contribution is 2.41. The molecular weight excluding hydrogens is 677 g/mol. The predicted octanol–water partition coefficient (Wildman–Crippen LogP) is 12.3. The maximum Gasteiger partial charge on any atom is 0.131 e. The van der Waals surface area contributed by atoms with Crippen LogP contribution < -0.4 is 10.6 Å². The van der Waals surface area contributed by atoms with Gasteiger partial charge in [0, 0.05) is 42.2 Å². The summed E-state index contributed by atoms with van der Waals surface area (Å²) < 4.78 is 5.08. The normalized spacial score (nSPS) is 16.0. The van der Waals surface area contributed by atoms with Gasteiger partial charge < -0.3 is 9.88 Å². The third-order valence-electron chi connectivity index (χ3n) is 10.9. The molecule has 2 aromatic heterocycles.